The van der Waals surface area contributed by atoms with Crippen molar-refractivity contribution in [1.29, 1.82) is 0 Å². The number of carbonyl (C=O) groups is 1. The van der Waals surface area contributed by atoms with Crippen LogP contribution in [0.1, 0.15) is 21.5 Å². The molecule has 1 aliphatic heterocycles. The standard InChI is InChI=1S/C18H18O5/c1-12-8-10-13(11-9-12)18(22-3)17(20,21-2)16(19)14-6-4-5-7-15(14)23-18/h4-11,20H,1-3H3/t17-,18-/m1/s1. The first kappa shape index (κ1) is 15.7. The monoisotopic (exact) mass is 314 g/mol. The van der Waals surface area contributed by atoms with Crippen molar-refractivity contribution in [3.63, 3.8) is 0 Å². The van der Waals surface area contributed by atoms with Crippen LogP contribution in [-0.4, -0.2) is 30.9 Å². The summed E-state index contributed by atoms with van der Waals surface area (Å²) in [6.07, 6.45) is 0. The lowest BCUT2D eigenvalue weighted by atomic mass is 9.86. The molecule has 3 rings (SSSR count). The molecular weight excluding hydrogens is 296 g/mol. The van der Waals surface area contributed by atoms with E-state index in [1.807, 2.05) is 19.1 Å². The van der Waals surface area contributed by atoms with Gasteiger partial charge in [-0.3, -0.25) is 4.79 Å². The Morgan fingerprint density at radius 1 is 1.00 bits per heavy atom. The summed E-state index contributed by atoms with van der Waals surface area (Å²) in [4.78, 5) is 12.8. The summed E-state index contributed by atoms with van der Waals surface area (Å²) in [7, 11) is 2.61. The third-order valence-electron chi connectivity index (χ3n) is 4.15. The summed E-state index contributed by atoms with van der Waals surface area (Å²) < 4.78 is 16.7. The van der Waals surface area contributed by atoms with Gasteiger partial charge in [0.1, 0.15) is 5.75 Å². The van der Waals surface area contributed by atoms with Crippen molar-refractivity contribution in [2.75, 3.05) is 14.2 Å². The second kappa shape index (κ2) is 5.45. The molecule has 0 radical (unpaired) electrons. The number of hydrogen-bond donors (Lipinski definition) is 1. The Morgan fingerprint density at radius 2 is 1.65 bits per heavy atom. The minimum absolute atomic E-state index is 0.247. The molecular formula is C18H18O5. The molecule has 1 heterocycles. The fraction of sp³-hybridized carbons (Fsp3) is 0.278. The number of methoxy groups -OCH3 is 2. The van der Waals surface area contributed by atoms with Gasteiger partial charge in [-0.15, -0.1) is 0 Å². The molecule has 0 bridgehead atoms. The zero-order valence-electron chi connectivity index (χ0n) is 13.2. The first-order chi connectivity index (χ1) is 11.0. The van der Waals surface area contributed by atoms with Crippen LogP contribution >= 0.6 is 0 Å². The summed E-state index contributed by atoms with van der Waals surface area (Å²) in [5.74, 6) is -4.36. The van der Waals surface area contributed by atoms with Crippen LogP contribution in [0.2, 0.25) is 0 Å². The Balaban J connectivity index is 2.26. The fourth-order valence-electron chi connectivity index (χ4n) is 2.85. The van der Waals surface area contributed by atoms with Crippen LogP contribution in [-0.2, 0) is 15.3 Å². The van der Waals surface area contributed by atoms with Crippen molar-refractivity contribution in [2.24, 2.45) is 0 Å². The summed E-state index contributed by atoms with van der Waals surface area (Å²) >= 11 is 0. The molecule has 120 valence electrons. The lowest BCUT2D eigenvalue weighted by Gasteiger charge is -2.46. The largest absolute Gasteiger partial charge is 0.451 e. The SMILES string of the molecule is CO[C@]1(c2ccc(C)cc2)Oc2ccccc2C(=O)[C@@]1(O)OC. The molecule has 0 fully saturated rings. The van der Waals surface area contributed by atoms with Crippen molar-refractivity contribution in [1.82, 2.24) is 0 Å². The number of ether oxygens (including phenoxy) is 3. The maximum atomic E-state index is 12.8. The number of benzene rings is 2. The number of carbonyl (C=O) groups excluding carboxylic acids is 1. The van der Waals surface area contributed by atoms with Crippen molar-refractivity contribution < 1.29 is 24.1 Å². The number of hydrogen-bond acceptors (Lipinski definition) is 5. The molecule has 0 unspecified atom stereocenters. The zero-order valence-corrected chi connectivity index (χ0v) is 13.2. The first-order valence-corrected chi connectivity index (χ1v) is 7.21. The second-order valence-electron chi connectivity index (χ2n) is 5.46. The third kappa shape index (κ3) is 2.09. The van der Waals surface area contributed by atoms with Crippen molar-refractivity contribution in [3.05, 3.63) is 65.2 Å². The van der Waals surface area contributed by atoms with Gasteiger partial charge in [0.2, 0.25) is 5.78 Å². The topological polar surface area (TPSA) is 65.0 Å². The number of rotatable bonds is 3. The molecule has 0 amide bonds. The van der Waals surface area contributed by atoms with Crippen LogP contribution in [0.15, 0.2) is 48.5 Å². The average Bonchev–Trinajstić information content (AvgIpc) is 2.59. The van der Waals surface area contributed by atoms with Crippen LogP contribution in [0.4, 0.5) is 0 Å². The Hall–Kier alpha value is -2.21. The second-order valence-corrected chi connectivity index (χ2v) is 5.46. The Bertz CT molecular complexity index is 739. The van der Waals surface area contributed by atoms with Crippen LogP contribution in [0.3, 0.4) is 0 Å². The maximum Gasteiger partial charge on any atom is 0.304 e. The first-order valence-electron chi connectivity index (χ1n) is 7.21. The van der Waals surface area contributed by atoms with E-state index in [9.17, 15) is 9.90 Å². The predicted octanol–water partition coefficient (Wildman–Crippen LogP) is 2.40. The van der Waals surface area contributed by atoms with Gasteiger partial charge in [-0.25, -0.2) is 0 Å². The Kier molecular flexibility index (Phi) is 3.72. The maximum absolute atomic E-state index is 12.8. The number of aryl methyl sites for hydroxylation is 1. The number of aliphatic hydroxyl groups is 1. The van der Waals surface area contributed by atoms with E-state index in [0.29, 0.717) is 11.3 Å². The van der Waals surface area contributed by atoms with Crippen LogP contribution in [0, 0.1) is 6.92 Å². The van der Waals surface area contributed by atoms with E-state index in [2.05, 4.69) is 0 Å². The lowest BCUT2D eigenvalue weighted by molar-refractivity contribution is -0.346. The third-order valence-corrected chi connectivity index (χ3v) is 4.15. The molecule has 5 heteroatoms. The minimum Gasteiger partial charge on any atom is -0.451 e. The zero-order chi connectivity index (χ0) is 16.7. The highest BCUT2D eigenvalue weighted by Crippen LogP contribution is 2.46. The molecule has 1 aliphatic rings. The van der Waals surface area contributed by atoms with E-state index in [0.717, 1.165) is 5.56 Å². The molecule has 0 aromatic heterocycles. The van der Waals surface area contributed by atoms with Gasteiger partial charge in [-0.2, -0.15) is 0 Å². The van der Waals surface area contributed by atoms with Crippen LogP contribution < -0.4 is 4.74 Å². The van der Waals surface area contributed by atoms with E-state index in [1.54, 1.807) is 36.4 Å². The van der Waals surface area contributed by atoms with Crippen molar-refractivity contribution in [3.8, 4) is 5.75 Å². The van der Waals surface area contributed by atoms with Crippen LogP contribution in [0.25, 0.3) is 0 Å². The molecule has 5 nitrogen and oxygen atoms in total. The molecule has 2 aromatic carbocycles. The summed E-state index contributed by atoms with van der Waals surface area (Å²) in [6.45, 7) is 1.94. The van der Waals surface area contributed by atoms with Gasteiger partial charge in [-0.1, -0.05) is 42.0 Å². The molecule has 0 saturated heterocycles. The smallest absolute Gasteiger partial charge is 0.304 e. The Labute approximate surface area is 134 Å². The lowest BCUT2D eigenvalue weighted by Crippen LogP contribution is -2.64. The summed E-state index contributed by atoms with van der Waals surface area (Å²) in [5.41, 5.74) is 1.76. The highest BCUT2D eigenvalue weighted by Gasteiger charge is 2.64. The molecule has 2 atom stereocenters. The van der Waals surface area contributed by atoms with E-state index in [1.165, 1.54) is 14.2 Å². The molecule has 23 heavy (non-hydrogen) atoms. The van der Waals surface area contributed by atoms with Crippen molar-refractivity contribution >= 4 is 5.78 Å². The normalized spacial score (nSPS) is 26.5. The fourth-order valence-corrected chi connectivity index (χ4v) is 2.85. The minimum atomic E-state index is -2.30. The van der Waals surface area contributed by atoms with Gasteiger partial charge in [-0.05, 0) is 19.1 Å². The number of ketones is 1. The number of para-hydroxylation sites is 1. The molecule has 0 spiro atoms. The van der Waals surface area contributed by atoms with E-state index >= 15 is 0 Å². The van der Waals surface area contributed by atoms with Gasteiger partial charge < -0.3 is 19.3 Å². The molecule has 0 saturated carbocycles. The summed E-state index contributed by atoms with van der Waals surface area (Å²) in [6, 6.07) is 13.9. The van der Waals surface area contributed by atoms with Gasteiger partial charge in [0.25, 0.3) is 5.79 Å². The average molecular weight is 314 g/mol. The quantitative estimate of drug-likeness (QED) is 0.881. The van der Waals surface area contributed by atoms with E-state index < -0.39 is 17.4 Å². The van der Waals surface area contributed by atoms with Gasteiger partial charge in [0.05, 0.1) is 5.56 Å². The predicted molar refractivity (Wildman–Crippen MR) is 83.2 cm³/mol. The highest BCUT2D eigenvalue weighted by molar-refractivity contribution is 6.05. The van der Waals surface area contributed by atoms with E-state index in [4.69, 9.17) is 14.2 Å². The molecule has 2 aromatic rings. The van der Waals surface area contributed by atoms with E-state index in [-0.39, 0.29) is 5.56 Å². The molecule has 1 N–H and O–H groups in total. The Morgan fingerprint density at radius 3 is 2.26 bits per heavy atom. The van der Waals surface area contributed by atoms with Crippen LogP contribution in [0.5, 0.6) is 5.75 Å². The number of fused-ring (bicyclic) bond motifs is 1. The van der Waals surface area contributed by atoms with Gasteiger partial charge in [0, 0.05) is 19.8 Å². The van der Waals surface area contributed by atoms with Gasteiger partial charge >= 0.3 is 5.79 Å². The molecule has 0 aliphatic carbocycles. The van der Waals surface area contributed by atoms with Gasteiger partial charge in [0.15, 0.2) is 0 Å². The number of Topliss-reactive ketones (excluding diaryl/α,β-unsaturated/α-hetero) is 1. The van der Waals surface area contributed by atoms with Crippen molar-refractivity contribution in [2.45, 2.75) is 18.5 Å². The highest BCUT2D eigenvalue weighted by atomic mass is 16.8. The summed E-state index contributed by atoms with van der Waals surface area (Å²) in [5, 5.41) is 11.0.